The van der Waals surface area contributed by atoms with Crippen LogP contribution in [0, 0.1) is 0 Å². The van der Waals surface area contributed by atoms with Crippen LogP contribution in [0.4, 0.5) is 5.69 Å². The molecule has 0 saturated carbocycles. The van der Waals surface area contributed by atoms with Gasteiger partial charge in [-0.05, 0) is 12.1 Å². The zero-order valence-corrected chi connectivity index (χ0v) is 17.7. The van der Waals surface area contributed by atoms with E-state index < -0.39 is 26.1 Å². The normalized spacial score (nSPS) is 11.9. The number of anilines is 1. The van der Waals surface area contributed by atoms with Gasteiger partial charge >= 0.3 is 100 Å². The molecular formula is C18H20AsNO9. The summed E-state index contributed by atoms with van der Waals surface area (Å²) >= 11 is -4.83. The number of nitrogens with one attached hydrogen (secondary N) is 1. The van der Waals surface area contributed by atoms with Crippen molar-refractivity contribution in [2.75, 3.05) is 12.4 Å². The second kappa shape index (κ2) is 11.2. The van der Waals surface area contributed by atoms with Crippen LogP contribution in [-0.2, 0) is 21.9 Å². The second-order valence-corrected chi connectivity index (χ2v) is 9.02. The van der Waals surface area contributed by atoms with Gasteiger partial charge in [0.05, 0.1) is 7.11 Å². The van der Waals surface area contributed by atoms with Crippen LogP contribution in [0.15, 0.2) is 48.5 Å². The summed E-state index contributed by atoms with van der Waals surface area (Å²) in [6, 6.07) is 12.0. The van der Waals surface area contributed by atoms with Crippen molar-refractivity contribution in [1.82, 2.24) is 0 Å². The summed E-state index contributed by atoms with van der Waals surface area (Å²) in [6.07, 6.45) is 0. The third-order valence-corrected chi connectivity index (χ3v) is 5.57. The maximum Gasteiger partial charge on any atom is 0.341 e. The van der Waals surface area contributed by atoms with Crippen LogP contribution in [-0.4, -0.2) is 48.5 Å². The van der Waals surface area contributed by atoms with E-state index in [1.165, 1.54) is 51.3 Å². The van der Waals surface area contributed by atoms with Gasteiger partial charge in [-0.25, -0.2) is 4.79 Å². The quantitative estimate of drug-likeness (QED) is 0.192. The van der Waals surface area contributed by atoms with Gasteiger partial charge in [0.25, 0.3) is 0 Å². The molecule has 0 bridgehead atoms. The van der Waals surface area contributed by atoms with Crippen LogP contribution >= 0.6 is 0 Å². The van der Waals surface area contributed by atoms with Gasteiger partial charge in [-0.2, -0.15) is 0 Å². The molecule has 0 aliphatic rings. The summed E-state index contributed by atoms with van der Waals surface area (Å²) in [5, 5.41) is 10.7. The molecule has 0 aromatic heterocycles. The number of para-hydroxylation sites is 1. The topological polar surface area (TPSA) is 148 Å². The van der Waals surface area contributed by atoms with Gasteiger partial charge in [-0.3, -0.25) is 4.79 Å². The molecule has 1 amide bonds. The van der Waals surface area contributed by atoms with Gasteiger partial charge in [0, 0.05) is 6.92 Å². The van der Waals surface area contributed by atoms with Crippen LogP contribution in [0.25, 0.3) is 0 Å². The number of hydrogen-bond acceptors (Lipinski definition) is 8. The van der Waals surface area contributed by atoms with E-state index in [1.54, 1.807) is 18.2 Å². The summed E-state index contributed by atoms with van der Waals surface area (Å²) in [5.74, 6) is -1.08. The Morgan fingerprint density at radius 3 is 2.24 bits per heavy atom. The van der Waals surface area contributed by atoms with Crippen LogP contribution in [0.1, 0.15) is 24.2 Å². The first-order chi connectivity index (χ1) is 13.6. The van der Waals surface area contributed by atoms with Crippen LogP contribution in [0.5, 0.6) is 5.75 Å². The fourth-order valence-electron chi connectivity index (χ4n) is 2.00. The molecule has 29 heavy (non-hydrogen) atoms. The largest absolute Gasteiger partial charge is 0.465 e. The predicted molar refractivity (Wildman–Crippen MR) is 102 cm³/mol. The third-order valence-electron chi connectivity index (χ3n) is 3.15. The molecular weight excluding hydrogens is 449 g/mol. The number of carbonyl (C=O) groups excluding carboxylic acids is 3. The molecule has 1 unspecified atom stereocenters. The molecule has 0 fully saturated rings. The fraction of sp³-hybridized carbons (Fsp3) is 0.167. The minimum Gasteiger partial charge on any atom is -0.465 e. The van der Waals surface area contributed by atoms with E-state index in [0.29, 0.717) is 5.69 Å². The van der Waals surface area contributed by atoms with Gasteiger partial charge in [0.1, 0.15) is 11.3 Å². The van der Waals surface area contributed by atoms with Crippen molar-refractivity contribution in [2.24, 2.45) is 0 Å². The zero-order chi connectivity index (χ0) is 22.0. The van der Waals surface area contributed by atoms with Gasteiger partial charge in [0.2, 0.25) is 0 Å². The molecule has 2 aromatic carbocycles. The minimum absolute atomic E-state index is 0.0399. The molecule has 156 valence electrons. The molecule has 0 radical (unpaired) electrons. The van der Waals surface area contributed by atoms with E-state index in [2.05, 4.69) is 13.9 Å². The molecule has 0 spiro atoms. The number of ether oxygens (including phenoxy) is 2. The number of rotatable bonds is 5. The first-order valence-corrected chi connectivity index (χ1v) is 11.3. The molecule has 10 nitrogen and oxygen atoms in total. The van der Waals surface area contributed by atoms with Crippen molar-refractivity contribution in [2.45, 2.75) is 13.8 Å². The monoisotopic (exact) mass is 469 g/mol. The van der Waals surface area contributed by atoms with E-state index >= 15 is 0 Å². The predicted octanol–water partition coefficient (Wildman–Crippen LogP) is 1.10. The maximum absolute atomic E-state index is 11.3. The standard InChI is InChI=1S/C10H10O4.C8H10AsNO5/c1-7(11)14-9-6-4-3-5-8(9)10(12)13-2;1-6(11)10-8-4-2-3-7(5-8)9(12,13)15-14/h3-6H,1-2H3;2-5,14H,1H3,(H,10,11)(H,12,13). The molecule has 1 atom stereocenters. The second-order valence-electron chi connectivity index (χ2n) is 5.41. The molecule has 3 N–H and O–H groups in total. The first-order valence-electron chi connectivity index (χ1n) is 8.00. The number of amides is 1. The van der Waals surface area contributed by atoms with Gasteiger partial charge < -0.3 is 9.47 Å². The smallest absolute Gasteiger partial charge is 0.341 e. The average molecular weight is 469 g/mol. The van der Waals surface area contributed by atoms with Gasteiger partial charge in [-0.15, -0.1) is 0 Å². The van der Waals surface area contributed by atoms with E-state index in [1.807, 2.05) is 0 Å². The Labute approximate surface area is 169 Å². The van der Waals surface area contributed by atoms with E-state index in [4.69, 9.17) is 9.99 Å². The fourth-order valence-corrected chi connectivity index (χ4v) is 3.41. The summed E-state index contributed by atoms with van der Waals surface area (Å²) < 4.78 is 33.3. The Kier molecular flexibility index (Phi) is 9.30. The average Bonchev–Trinajstić information content (AvgIpc) is 2.67. The van der Waals surface area contributed by atoms with Gasteiger partial charge in [0.15, 0.2) is 0 Å². The molecule has 0 aliphatic heterocycles. The first kappa shape index (κ1) is 24.1. The van der Waals surface area contributed by atoms with Crippen molar-refractivity contribution < 1.29 is 40.8 Å². The molecule has 2 aromatic rings. The number of methoxy groups -OCH3 is 1. The number of benzene rings is 2. The Morgan fingerprint density at radius 2 is 1.69 bits per heavy atom. The minimum atomic E-state index is -4.83. The summed E-state index contributed by atoms with van der Waals surface area (Å²) in [5.41, 5.74) is 0.609. The molecule has 0 aliphatic carbocycles. The SMILES string of the molecule is CC(=O)Nc1cccc([As](=O)(O)OO)c1.COC(=O)c1ccccc1OC(C)=O. The van der Waals surface area contributed by atoms with E-state index in [0.717, 1.165) is 0 Å². The van der Waals surface area contributed by atoms with Crippen molar-refractivity contribution in [3.63, 3.8) is 0 Å². The summed E-state index contributed by atoms with van der Waals surface area (Å²) in [4.78, 5) is 32.6. The van der Waals surface area contributed by atoms with Crippen molar-refractivity contribution in [3.8, 4) is 5.75 Å². The van der Waals surface area contributed by atoms with Crippen LogP contribution in [0.3, 0.4) is 0 Å². The summed E-state index contributed by atoms with van der Waals surface area (Å²) in [7, 11) is 1.27. The molecule has 11 heteroatoms. The van der Waals surface area contributed by atoms with Gasteiger partial charge in [-0.1, -0.05) is 12.1 Å². The number of esters is 2. The zero-order valence-electron chi connectivity index (χ0n) is 15.8. The summed E-state index contributed by atoms with van der Waals surface area (Å²) in [6.45, 7) is 2.59. The number of hydrogen-bond donors (Lipinski definition) is 3. The third kappa shape index (κ3) is 7.92. The Hall–Kier alpha value is -2.91. The van der Waals surface area contributed by atoms with Crippen molar-refractivity contribution in [1.29, 1.82) is 0 Å². The Balaban J connectivity index is 0.000000291. The van der Waals surface area contributed by atoms with Crippen molar-refractivity contribution >= 4 is 42.1 Å². The van der Waals surface area contributed by atoms with E-state index in [-0.39, 0.29) is 21.6 Å². The maximum atomic E-state index is 11.3. The van der Waals surface area contributed by atoms with Crippen molar-refractivity contribution in [3.05, 3.63) is 54.1 Å². The molecule has 0 heterocycles. The van der Waals surface area contributed by atoms with Crippen LogP contribution < -0.4 is 14.4 Å². The Morgan fingerprint density at radius 1 is 1.03 bits per heavy atom. The van der Waals surface area contributed by atoms with Crippen LogP contribution in [0.2, 0.25) is 0 Å². The van der Waals surface area contributed by atoms with E-state index in [9.17, 15) is 22.2 Å². The molecule has 0 saturated heterocycles. The number of carbonyl (C=O) groups is 3. The Bertz CT molecular complexity index is 929. The molecule has 2 rings (SSSR count).